The van der Waals surface area contributed by atoms with Crippen LogP contribution in [0, 0.1) is 12.7 Å². The molecule has 3 aromatic rings. The van der Waals surface area contributed by atoms with Crippen LogP contribution in [0.15, 0.2) is 23.4 Å². The van der Waals surface area contributed by atoms with Crippen molar-refractivity contribution in [3.05, 3.63) is 35.1 Å². The molecule has 0 amide bonds. The van der Waals surface area contributed by atoms with Crippen molar-refractivity contribution in [2.75, 3.05) is 24.2 Å². The number of anilines is 1. The number of aromatic nitrogens is 5. The molecule has 12 heteroatoms. The Labute approximate surface area is 229 Å². The highest BCUT2D eigenvalue weighted by molar-refractivity contribution is 7.99. The SMILES string of the molecule is [2H]C([2H])(CO)O[C@@]1([2H])C([2H])([2H])[C@@]([2H])(n2nnc3c(N[C@]4([2H])C[C@@]4([2H])c4ccc(C)c(F)c4)nc(SC([2H])([2H])CC)nc32)[C@]([2H])(O)[C@]1([2H])O. The number of aryl methyl sites for hydroxylation is 1. The minimum atomic E-state index is -4.16. The van der Waals surface area contributed by atoms with Crippen molar-refractivity contribution >= 4 is 28.7 Å². The molecule has 0 unspecified atom stereocenters. The fourth-order valence-corrected chi connectivity index (χ4v) is 3.99. The van der Waals surface area contributed by atoms with Gasteiger partial charge in [0.1, 0.15) is 18.0 Å². The Bertz CT molecular complexity index is 1790. The van der Waals surface area contributed by atoms with Gasteiger partial charge in [0.25, 0.3) is 0 Å². The second kappa shape index (κ2) is 10.5. The Morgan fingerprint density at radius 1 is 1.36 bits per heavy atom. The van der Waals surface area contributed by atoms with Gasteiger partial charge in [-0.1, -0.05) is 36.0 Å². The molecule has 2 aliphatic rings. The number of aliphatic hydroxyl groups is 3. The van der Waals surface area contributed by atoms with Crippen LogP contribution in [0.25, 0.3) is 11.2 Å². The second-order valence-corrected chi connectivity index (χ2v) is 8.61. The number of benzene rings is 1. The highest BCUT2D eigenvalue weighted by atomic mass is 32.2. The molecule has 10 nitrogen and oxygen atoms in total. The number of ether oxygens (including phenoxy) is 1. The van der Waals surface area contributed by atoms with Gasteiger partial charge >= 0.3 is 0 Å². The Kier molecular flexibility index (Phi) is 4.25. The average Bonchev–Trinajstić information content (AvgIpc) is 3.27. The number of halogens is 1. The summed E-state index contributed by atoms with van der Waals surface area (Å²) < 4.78 is 121. The first-order valence-electron chi connectivity index (χ1n) is 16.8. The van der Waals surface area contributed by atoms with Crippen LogP contribution in [0.3, 0.4) is 0 Å². The molecule has 6 atom stereocenters. The Balaban J connectivity index is 1.70. The zero-order valence-electron chi connectivity index (χ0n) is 31.1. The number of rotatable bonds is 10. The van der Waals surface area contributed by atoms with Crippen LogP contribution in [-0.2, 0) is 4.74 Å². The third kappa shape index (κ3) is 4.92. The summed E-state index contributed by atoms with van der Waals surface area (Å²) in [4.78, 5) is 8.33. The maximum atomic E-state index is 14.4. The molecule has 2 aromatic heterocycles. The zero-order chi connectivity index (χ0) is 36.3. The molecule has 2 fully saturated rings. The predicted molar refractivity (Wildman–Crippen MR) is 133 cm³/mol. The van der Waals surface area contributed by atoms with Crippen LogP contribution >= 0.6 is 11.8 Å². The third-order valence-electron chi connectivity index (χ3n) is 5.32. The fourth-order valence-electron chi connectivity index (χ4n) is 3.44. The zero-order valence-corrected chi connectivity index (χ0v) is 19.9. The average molecular weight is 531 g/mol. The summed E-state index contributed by atoms with van der Waals surface area (Å²) in [6, 6.07) is -1.70. The van der Waals surface area contributed by atoms with Gasteiger partial charge < -0.3 is 25.4 Å². The first-order chi connectivity index (χ1) is 21.7. The van der Waals surface area contributed by atoms with E-state index in [2.05, 4.69) is 25.6 Å². The molecule has 4 N–H and O–H groups in total. The first-order valence-corrected chi connectivity index (χ1v) is 11.7. The molecule has 194 valence electrons. The van der Waals surface area contributed by atoms with E-state index in [0.717, 1.165) is 6.07 Å². The molecule has 0 aliphatic heterocycles. The highest BCUT2D eigenvalue weighted by Gasteiger charge is 2.45. The summed E-state index contributed by atoms with van der Waals surface area (Å²) in [6.45, 7) is -1.80. The molecule has 2 heterocycles. The summed E-state index contributed by atoms with van der Waals surface area (Å²) in [5.41, 5.74) is -2.77. The second-order valence-electron chi connectivity index (χ2n) is 7.76. The summed E-state index contributed by atoms with van der Waals surface area (Å²) in [5, 5.41) is 41.3. The molecule has 1 aromatic carbocycles. The monoisotopic (exact) mass is 530 g/mol. The summed E-state index contributed by atoms with van der Waals surface area (Å²) in [7, 11) is 0. The largest absolute Gasteiger partial charge is 0.394 e. The number of thioether (sulfide) groups is 1. The van der Waals surface area contributed by atoms with Gasteiger partial charge in [0, 0.05) is 30.8 Å². The van der Waals surface area contributed by atoms with E-state index >= 15 is 0 Å². The molecule has 2 saturated carbocycles. The molecule has 0 spiro atoms. The third-order valence-corrected chi connectivity index (χ3v) is 6.11. The van der Waals surface area contributed by atoms with E-state index in [4.69, 9.17) is 21.2 Å². The number of nitrogens with zero attached hydrogens (tertiary/aromatic N) is 5. The number of nitrogens with one attached hydrogen (secondary N) is 1. The van der Waals surface area contributed by atoms with Gasteiger partial charge in [-0.15, -0.1) is 5.10 Å². The molecule has 5 rings (SSSR count). The van der Waals surface area contributed by atoms with Crippen molar-refractivity contribution in [2.45, 2.75) is 74.4 Å². The van der Waals surface area contributed by atoms with Crippen LogP contribution in [-0.4, -0.2) is 83.4 Å². The van der Waals surface area contributed by atoms with E-state index in [-0.39, 0.29) is 23.1 Å². The maximum absolute atomic E-state index is 14.4. The van der Waals surface area contributed by atoms with E-state index in [1.165, 1.54) is 26.0 Å². The Hall–Kier alpha value is -2.38. The Morgan fingerprint density at radius 3 is 2.94 bits per heavy atom. The lowest BCUT2D eigenvalue weighted by atomic mass is 10.1. The molecule has 0 bridgehead atoms. The minimum absolute atomic E-state index is 0.0780. The number of hydrogen-bond donors (Lipinski definition) is 4. The summed E-state index contributed by atoms with van der Waals surface area (Å²) >= 11 is 0.440. The van der Waals surface area contributed by atoms with E-state index in [0.29, 0.717) is 17.3 Å². The van der Waals surface area contributed by atoms with Crippen molar-refractivity contribution < 1.29 is 40.9 Å². The lowest BCUT2D eigenvalue weighted by Gasteiger charge is -2.17. The van der Waals surface area contributed by atoms with Crippen LogP contribution in [0.2, 0.25) is 0 Å². The van der Waals surface area contributed by atoms with Crippen molar-refractivity contribution in [1.29, 1.82) is 0 Å². The molecule has 0 saturated heterocycles. The standard InChI is InChI=1S/C24H31FN6O4S/c1-3-8-36-24-27-22(26-16-10-14(16)13-5-4-12(2)15(25)9-13)19-23(28-24)31(30-29-19)17-11-18(35-7-6-32)21(34)20(17)33/h4-5,9,14,16-18,20-21,32-34H,3,6-8,10-11H2,1-2H3,(H,26,27,28)/t14-,16+,17+,18-,20-,21+/m0/s1/i7D2,8D2,11D2,14D,16D,17D,18D,20D,21D. The topological polar surface area (TPSA) is 138 Å². The summed E-state index contributed by atoms with van der Waals surface area (Å²) in [5.74, 6) is -2.75. The van der Waals surface area contributed by atoms with Gasteiger partial charge in [-0.25, -0.2) is 19.0 Å². The van der Waals surface area contributed by atoms with Gasteiger partial charge in [0.15, 0.2) is 22.1 Å². The van der Waals surface area contributed by atoms with Crippen LogP contribution < -0.4 is 5.32 Å². The first kappa shape index (κ1) is 14.5. The van der Waals surface area contributed by atoms with E-state index < -0.39 is 89.4 Å². The lowest BCUT2D eigenvalue weighted by molar-refractivity contribution is -0.0629. The van der Waals surface area contributed by atoms with Crippen LogP contribution in [0.5, 0.6) is 0 Å². The lowest BCUT2D eigenvalue weighted by Crippen LogP contribution is -2.33. The number of hydrogen-bond acceptors (Lipinski definition) is 10. The van der Waals surface area contributed by atoms with Crippen molar-refractivity contribution in [3.8, 4) is 0 Å². The van der Waals surface area contributed by atoms with E-state index in [1.807, 2.05) is 0 Å². The maximum Gasteiger partial charge on any atom is 0.191 e. The summed E-state index contributed by atoms with van der Waals surface area (Å²) in [6.07, 6.45) is -16.5. The normalized spacial score (nSPS) is 46.9. The molecular formula is C24H31FN6O4S. The Morgan fingerprint density at radius 2 is 2.19 bits per heavy atom. The molecule has 36 heavy (non-hydrogen) atoms. The van der Waals surface area contributed by atoms with Gasteiger partial charge in [0.05, 0.1) is 34.9 Å². The van der Waals surface area contributed by atoms with Crippen LogP contribution in [0.1, 0.15) is 65.6 Å². The van der Waals surface area contributed by atoms with Gasteiger partial charge in [-0.05, 0) is 37.0 Å². The smallest absolute Gasteiger partial charge is 0.191 e. The van der Waals surface area contributed by atoms with Gasteiger partial charge in [-0.3, -0.25) is 0 Å². The van der Waals surface area contributed by atoms with E-state index in [9.17, 15) is 19.7 Å². The van der Waals surface area contributed by atoms with Crippen molar-refractivity contribution in [1.82, 2.24) is 25.0 Å². The minimum Gasteiger partial charge on any atom is -0.394 e. The fraction of sp³-hybridized carbons (Fsp3) is 0.583. The predicted octanol–water partition coefficient (Wildman–Crippen LogP) is 2.18. The van der Waals surface area contributed by atoms with Crippen LogP contribution in [0.4, 0.5) is 10.2 Å². The molecule has 0 radical (unpaired) electrons. The van der Waals surface area contributed by atoms with Gasteiger partial charge in [0.2, 0.25) is 0 Å². The van der Waals surface area contributed by atoms with Gasteiger partial charge in [-0.2, -0.15) is 0 Å². The highest BCUT2D eigenvalue weighted by Crippen LogP contribution is 2.44. The molecular weight excluding hydrogens is 487 g/mol. The number of aliphatic hydroxyl groups excluding tert-OH is 1. The molecule has 2 aliphatic carbocycles. The quantitative estimate of drug-likeness (QED) is 0.228. The van der Waals surface area contributed by atoms with E-state index in [1.54, 1.807) is 0 Å². The van der Waals surface area contributed by atoms with Crippen molar-refractivity contribution in [3.63, 3.8) is 0 Å². The number of fused-ring (bicyclic) bond motifs is 1. The van der Waals surface area contributed by atoms with Crippen molar-refractivity contribution in [2.24, 2.45) is 0 Å².